The van der Waals surface area contributed by atoms with Gasteiger partial charge in [0.1, 0.15) is 0 Å². The predicted octanol–water partition coefficient (Wildman–Crippen LogP) is 5.70. The van der Waals surface area contributed by atoms with E-state index < -0.39 is 0 Å². The van der Waals surface area contributed by atoms with Crippen molar-refractivity contribution in [1.29, 1.82) is 0 Å². The van der Waals surface area contributed by atoms with E-state index in [2.05, 4.69) is 42.5 Å². The van der Waals surface area contributed by atoms with Crippen LogP contribution in [-0.4, -0.2) is 0 Å². The Kier molecular flexibility index (Phi) is 3.10. The monoisotopic (exact) mass is 262 g/mol. The quantitative estimate of drug-likeness (QED) is 0.494. The van der Waals surface area contributed by atoms with Crippen molar-refractivity contribution in [3.63, 3.8) is 0 Å². The lowest BCUT2D eigenvalue weighted by molar-refractivity contribution is 0.589. The van der Waals surface area contributed by atoms with Crippen molar-refractivity contribution in [3.8, 4) is 11.1 Å². The number of rotatable bonds is 1. The van der Waals surface area contributed by atoms with Gasteiger partial charge in [-0.3, -0.25) is 0 Å². The zero-order chi connectivity index (χ0) is 13.4. The fourth-order valence-electron chi connectivity index (χ4n) is 4.15. The molecule has 2 aliphatic rings. The van der Waals surface area contributed by atoms with Gasteiger partial charge in [0, 0.05) is 0 Å². The average Bonchev–Trinajstić information content (AvgIpc) is 2.68. The second-order valence-corrected chi connectivity index (χ2v) is 6.40. The van der Waals surface area contributed by atoms with E-state index in [9.17, 15) is 0 Å². The summed E-state index contributed by atoms with van der Waals surface area (Å²) in [7, 11) is 0. The summed E-state index contributed by atoms with van der Waals surface area (Å²) in [6.45, 7) is 0. The minimum atomic E-state index is 0.807. The number of benzene rings is 2. The molecule has 2 aliphatic carbocycles. The van der Waals surface area contributed by atoms with E-state index in [1.165, 1.54) is 55.2 Å². The average molecular weight is 262 g/mol. The summed E-state index contributed by atoms with van der Waals surface area (Å²) in [4.78, 5) is 0. The minimum Gasteiger partial charge on any atom is -0.0619 e. The summed E-state index contributed by atoms with van der Waals surface area (Å²) in [6.07, 6.45) is 9.65. The molecule has 0 radical (unpaired) electrons. The van der Waals surface area contributed by atoms with Gasteiger partial charge in [0.05, 0.1) is 0 Å². The lowest BCUT2D eigenvalue weighted by Gasteiger charge is -2.18. The highest BCUT2D eigenvalue weighted by atomic mass is 14.3. The van der Waals surface area contributed by atoms with Crippen LogP contribution in [0.3, 0.4) is 0 Å². The van der Waals surface area contributed by atoms with Gasteiger partial charge >= 0.3 is 0 Å². The first-order chi connectivity index (χ1) is 9.93. The minimum absolute atomic E-state index is 0.807. The van der Waals surface area contributed by atoms with Gasteiger partial charge in [-0.1, -0.05) is 68.1 Å². The molecule has 4 rings (SSSR count). The molecule has 2 aromatic rings. The van der Waals surface area contributed by atoms with Crippen molar-refractivity contribution in [1.82, 2.24) is 0 Å². The van der Waals surface area contributed by atoms with E-state index in [4.69, 9.17) is 0 Å². The molecule has 0 unspecified atom stereocenters. The Morgan fingerprint density at radius 2 is 1.45 bits per heavy atom. The molecule has 0 aliphatic heterocycles. The standard InChI is InChI=1S/C20H22/c1-2-4-9-15(8-3-1)17-12-7-13-19-18-11-6-5-10-16(18)14-20(17)19/h5-7,10-13,15H,1-4,8-9,14H2. The topological polar surface area (TPSA) is 0 Å². The maximum absolute atomic E-state index is 2.40. The molecule has 0 heteroatoms. The van der Waals surface area contributed by atoms with Crippen molar-refractivity contribution in [3.05, 3.63) is 59.2 Å². The second kappa shape index (κ2) is 5.09. The Morgan fingerprint density at radius 3 is 2.30 bits per heavy atom. The third-order valence-corrected chi connectivity index (χ3v) is 5.18. The highest BCUT2D eigenvalue weighted by Gasteiger charge is 2.24. The van der Waals surface area contributed by atoms with Gasteiger partial charge in [-0.05, 0) is 53.0 Å². The number of hydrogen-bond donors (Lipinski definition) is 0. The van der Waals surface area contributed by atoms with Crippen LogP contribution in [0.2, 0.25) is 0 Å². The highest BCUT2D eigenvalue weighted by Crippen LogP contribution is 2.42. The van der Waals surface area contributed by atoms with E-state index >= 15 is 0 Å². The van der Waals surface area contributed by atoms with Gasteiger partial charge in [-0.2, -0.15) is 0 Å². The Hall–Kier alpha value is -1.56. The van der Waals surface area contributed by atoms with Crippen LogP contribution in [0.4, 0.5) is 0 Å². The van der Waals surface area contributed by atoms with E-state index in [0.29, 0.717) is 0 Å². The fourth-order valence-corrected chi connectivity index (χ4v) is 4.15. The van der Waals surface area contributed by atoms with Crippen LogP contribution in [0.1, 0.15) is 61.1 Å². The van der Waals surface area contributed by atoms with E-state index in [-0.39, 0.29) is 0 Å². The smallest absolute Gasteiger partial charge is 0.00106 e. The maximum Gasteiger partial charge on any atom is -0.00106 e. The molecule has 0 amide bonds. The first kappa shape index (κ1) is 12.2. The predicted molar refractivity (Wildman–Crippen MR) is 85.1 cm³/mol. The third-order valence-electron chi connectivity index (χ3n) is 5.18. The zero-order valence-electron chi connectivity index (χ0n) is 12.1. The van der Waals surface area contributed by atoms with Crippen LogP contribution in [0.15, 0.2) is 42.5 Å². The number of hydrogen-bond acceptors (Lipinski definition) is 0. The summed E-state index contributed by atoms with van der Waals surface area (Å²) >= 11 is 0. The molecule has 1 saturated carbocycles. The third kappa shape index (κ3) is 1.98. The summed E-state index contributed by atoms with van der Waals surface area (Å²) in [5.74, 6) is 0.807. The Bertz CT molecular complexity index is 616. The molecule has 20 heavy (non-hydrogen) atoms. The number of fused-ring (bicyclic) bond motifs is 3. The summed E-state index contributed by atoms with van der Waals surface area (Å²) < 4.78 is 0. The van der Waals surface area contributed by atoms with Crippen molar-refractivity contribution >= 4 is 0 Å². The van der Waals surface area contributed by atoms with E-state index in [0.717, 1.165) is 12.3 Å². The molecule has 0 aromatic heterocycles. The lowest BCUT2D eigenvalue weighted by Crippen LogP contribution is -2.01. The van der Waals surface area contributed by atoms with Crippen molar-refractivity contribution in [2.75, 3.05) is 0 Å². The van der Waals surface area contributed by atoms with Crippen LogP contribution < -0.4 is 0 Å². The van der Waals surface area contributed by atoms with Crippen LogP contribution in [-0.2, 0) is 6.42 Å². The molecule has 0 atom stereocenters. The molecule has 0 nitrogen and oxygen atoms in total. The van der Waals surface area contributed by atoms with Crippen LogP contribution >= 0.6 is 0 Å². The van der Waals surface area contributed by atoms with Crippen molar-refractivity contribution in [2.24, 2.45) is 0 Å². The molecule has 0 N–H and O–H groups in total. The molecule has 1 fully saturated rings. The molecule has 0 saturated heterocycles. The Balaban J connectivity index is 1.77. The molecule has 0 heterocycles. The normalized spacial score (nSPS) is 18.4. The van der Waals surface area contributed by atoms with Crippen molar-refractivity contribution in [2.45, 2.75) is 50.9 Å². The molecule has 2 aromatic carbocycles. The van der Waals surface area contributed by atoms with Gasteiger partial charge in [0.2, 0.25) is 0 Å². The fraction of sp³-hybridized carbons (Fsp3) is 0.400. The molecular weight excluding hydrogens is 240 g/mol. The molecular formula is C20H22. The molecule has 0 spiro atoms. The molecule has 0 bridgehead atoms. The summed E-state index contributed by atoms with van der Waals surface area (Å²) in [5, 5.41) is 0. The molecule has 102 valence electrons. The van der Waals surface area contributed by atoms with Gasteiger partial charge < -0.3 is 0 Å². The van der Waals surface area contributed by atoms with E-state index in [1.54, 1.807) is 11.1 Å². The van der Waals surface area contributed by atoms with E-state index in [1.807, 2.05) is 0 Å². The SMILES string of the molecule is c1ccc2c(c1)Cc1c-2cccc1C1CCCCCC1. The Morgan fingerprint density at radius 1 is 0.700 bits per heavy atom. The summed E-state index contributed by atoms with van der Waals surface area (Å²) in [6, 6.07) is 15.9. The maximum atomic E-state index is 2.40. The largest absolute Gasteiger partial charge is 0.0619 e. The first-order valence-electron chi connectivity index (χ1n) is 8.13. The van der Waals surface area contributed by atoms with Crippen LogP contribution in [0, 0.1) is 0 Å². The van der Waals surface area contributed by atoms with Crippen molar-refractivity contribution < 1.29 is 0 Å². The van der Waals surface area contributed by atoms with Crippen LogP contribution in [0.25, 0.3) is 11.1 Å². The van der Waals surface area contributed by atoms with Gasteiger partial charge in [-0.15, -0.1) is 0 Å². The van der Waals surface area contributed by atoms with Crippen LogP contribution in [0.5, 0.6) is 0 Å². The highest BCUT2D eigenvalue weighted by molar-refractivity contribution is 5.78. The second-order valence-electron chi connectivity index (χ2n) is 6.40. The van der Waals surface area contributed by atoms with Gasteiger partial charge in [0.25, 0.3) is 0 Å². The first-order valence-corrected chi connectivity index (χ1v) is 8.13. The van der Waals surface area contributed by atoms with Gasteiger partial charge in [0.15, 0.2) is 0 Å². The summed E-state index contributed by atoms with van der Waals surface area (Å²) in [5.41, 5.74) is 7.77. The zero-order valence-corrected chi connectivity index (χ0v) is 12.1. The lowest BCUT2D eigenvalue weighted by atomic mass is 9.86. The Labute approximate surface area is 121 Å². The van der Waals surface area contributed by atoms with Gasteiger partial charge in [-0.25, -0.2) is 0 Å².